The first kappa shape index (κ1) is 17.5. The van der Waals surface area contributed by atoms with E-state index in [1.807, 2.05) is 39.0 Å². The van der Waals surface area contributed by atoms with Gasteiger partial charge >= 0.3 is 5.97 Å². The van der Waals surface area contributed by atoms with Gasteiger partial charge in [0.1, 0.15) is 5.75 Å². The fourth-order valence-corrected chi connectivity index (χ4v) is 3.13. The van der Waals surface area contributed by atoms with Crippen LogP contribution in [0.25, 0.3) is 0 Å². The summed E-state index contributed by atoms with van der Waals surface area (Å²) in [6, 6.07) is 11.0. The molecule has 0 aromatic heterocycles. The van der Waals surface area contributed by atoms with Crippen molar-refractivity contribution in [2.45, 2.75) is 27.2 Å². The normalized spacial score (nSPS) is 17.0. The maximum atomic E-state index is 12.5. The zero-order chi connectivity index (χ0) is 18.1. The van der Waals surface area contributed by atoms with E-state index in [1.54, 1.807) is 23.1 Å². The smallest absolute Gasteiger partial charge is 0.316 e. The summed E-state index contributed by atoms with van der Waals surface area (Å²) < 4.78 is 5.48. The van der Waals surface area contributed by atoms with Crippen LogP contribution in [0.5, 0.6) is 5.75 Å². The third-order valence-corrected chi connectivity index (χ3v) is 5.09. The molecule has 4 nitrogen and oxygen atoms in total. The molecule has 5 heteroatoms. The van der Waals surface area contributed by atoms with E-state index in [2.05, 4.69) is 0 Å². The maximum Gasteiger partial charge on any atom is 0.316 e. The van der Waals surface area contributed by atoms with Crippen molar-refractivity contribution in [3.05, 3.63) is 58.1 Å². The van der Waals surface area contributed by atoms with Gasteiger partial charge in [0.2, 0.25) is 5.91 Å². The van der Waals surface area contributed by atoms with E-state index in [0.717, 1.165) is 22.4 Å². The summed E-state index contributed by atoms with van der Waals surface area (Å²) in [5.74, 6) is -0.434. The van der Waals surface area contributed by atoms with Crippen molar-refractivity contribution in [1.29, 1.82) is 0 Å². The molecule has 0 saturated carbocycles. The van der Waals surface area contributed by atoms with Gasteiger partial charge in [0.05, 0.1) is 5.92 Å². The van der Waals surface area contributed by atoms with Crippen LogP contribution in [0.15, 0.2) is 36.4 Å². The molecule has 1 fully saturated rings. The lowest BCUT2D eigenvalue weighted by Crippen LogP contribution is -2.27. The SMILES string of the molecule is Cc1ccc(OC(=O)[C@@H]2CC(=O)N(c3cccc(Cl)c3C)C2)cc1C. The lowest BCUT2D eigenvalue weighted by molar-refractivity contribution is -0.139. The van der Waals surface area contributed by atoms with Crippen LogP contribution >= 0.6 is 11.6 Å². The molecular formula is C20H20ClNO3. The van der Waals surface area contributed by atoms with Crippen LogP contribution in [0.4, 0.5) is 5.69 Å². The predicted octanol–water partition coefficient (Wildman–Crippen LogP) is 4.22. The number of carbonyl (C=O) groups excluding carboxylic acids is 2. The molecule has 1 aliphatic rings. The summed E-state index contributed by atoms with van der Waals surface area (Å²) >= 11 is 6.14. The number of hydrogen-bond donors (Lipinski definition) is 0. The molecule has 3 rings (SSSR count). The van der Waals surface area contributed by atoms with Crippen molar-refractivity contribution in [3.63, 3.8) is 0 Å². The van der Waals surface area contributed by atoms with E-state index < -0.39 is 5.92 Å². The highest BCUT2D eigenvalue weighted by atomic mass is 35.5. The Bertz CT molecular complexity index is 847. The van der Waals surface area contributed by atoms with E-state index in [0.29, 0.717) is 17.3 Å². The fourth-order valence-electron chi connectivity index (χ4n) is 2.96. The number of anilines is 1. The minimum Gasteiger partial charge on any atom is -0.426 e. The third-order valence-electron chi connectivity index (χ3n) is 4.69. The van der Waals surface area contributed by atoms with Gasteiger partial charge in [0.25, 0.3) is 0 Å². The van der Waals surface area contributed by atoms with Crippen LogP contribution in [0, 0.1) is 26.7 Å². The van der Waals surface area contributed by atoms with Gasteiger partial charge < -0.3 is 9.64 Å². The van der Waals surface area contributed by atoms with Gasteiger partial charge in [-0.15, -0.1) is 0 Å². The van der Waals surface area contributed by atoms with E-state index in [4.69, 9.17) is 16.3 Å². The standard InChI is InChI=1S/C20H20ClNO3/c1-12-7-8-16(9-13(12)2)25-20(24)15-10-19(23)22(11-15)18-6-4-5-17(21)14(18)3/h4-9,15H,10-11H2,1-3H3/t15-/m1/s1. The summed E-state index contributed by atoms with van der Waals surface area (Å²) in [5, 5.41) is 0.603. The molecule has 0 aliphatic carbocycles. The van der Waals surface area contributed by atoms with Crippen molar-refractivity contribution in [1.82, 2.24) is 0 Å². The Morgan fingerprint density at radius 3 is 2.64 bits per heavy atom. The number of halogens is 1. The minimum absolute atomic E-state index is 0.0904. The number of rotatable bonds is 3. The molecule has 1 amide bonds. The second kappa shape index (κ2) is 6.89. The molecule has 25 heavy (non-hydrogen) atoms. The van der Waals surface area contributed by atoms with Crippen LogP contribution in [-0.2, 0) is 9.59 Å². The first-order chi connectivity index (χ1) is 11.9. The van der Waals surface area contributed by atoms with Crippen molar-refractivity contribution in [2.75, 3.05) is 11.4 Å². The van der Waals surface area contributed by atoms with Gasteiger partial charge in [-0.05, 0) is 61.7 Å². The highest BCUT2D eigenvalue weighted by Gasteiger charge is 2.37. The topological polar surface area (TPSA) is 46.6 Å². The highest BCUT2D eigenvalue weighted by molar-refractivity contribution is 6.31. The Labute approximate surface area is 152 Å². The van der Waals surface area contributed by atoms with Gasteiger partial charge in [-0.25, -0.2) is 0 Å². The van der Waals surface area contributed by atoms with E-state index >= 15 is 0 Å². The molecular weight excluding hydrogens is 338 g/mol. The lowest BCUT2D eigenvalue weighted by Gasteiger charge is -2.19. The average molecular weight is 358 g/mol. The molecule has 130 valence electrons. The van der Waals surface area contributed by atoms with Crippen molar-refractivity contribution < 1.29 is 14.3 Å². The molecule has 2 aromatic carbocycles. The first-order valence-electron chi connectivity index (χ1n) is 8.21. The molecule has 0 bridgehead atoms. The van der Waals surface area contributed by atoms with Crippen molar-refractivity contribution in [3.8, 4) is 5.75 Å². The van der Waals surface area contributed by atoms with Crippen LogP contribution in [-0.4, -0.2) is 18.4 Å². The van der Waals surface area contributed by atoms with E-state index in [-0.39, 0.29) is 18.3 Å². The number of nitrogens with zero attached hydrogens (tertiary/aromatic N) is 1. The predicted molar refractivity (Wildman–Crippen MR) is 98.2 cm³/mol. The fraction of sp³-hybridized carbons (Fsp3) is 0.300. The Kier molecular flexibility index (Phi) is 4.82. The number of ether oxygens (including phenoxy) is 1. The second-order valence-electron chi connectivity index (χ2n) is 6.46. The summed E-state index contributed by atoms with van der Waals surface area (Å²) in [5.41, 5.74) is 3.78. The summed E-state index contributed by atoms with van der Waals surface area (Å²) in [7, 11) is 0. The molecule has 0 N–H and O–H groups in total. The molecule has 1 atom stereocenters. The molecule has 0 spiro atoms. The number of aryl methyl sites for hydroxylation is 2. The number of amides is 1. The van der Waals surface area contributed by atoms with Crippen LogP contribution in [0.3, 0.4) is 0 Å². The van der Waals surface area contributed by atoms with Gasteiger partial charge in [-0.2, -0.15) is 0 Å². The Morgan fingerprint density at radius 1 is 1.16 bits per heavy atom. The Hall–Kier alpha value is -2.33. The highest BCUT2D eigenvalue weighted by Crippen LogP contribution is 2.32. The van der Waals surface area contributed by atoms with Gasteiger partial charge in [0, 0.05) is 23.7 Å². The zero-order valence-corrected chi connectivity index (χ0v) is 15.3. The number of esters is 1. The summed E-state index contributed by atoms with van der Waals surface area (Å²) in [6.07, 6.45) is 0.148. The molecule has 2 aromatic rings. The number of benzene rings is 2. The molecule has 1 saturated heterocycles. The minimum atomic E-state index is -0.479. The van der Waals surface area contributed by atoms with Crippen LogP contribution < -0.4 is 9.64 Å². The third kappa shape index (κ3) is 3.54. The maximum absolute atomic E-state index is 12.5. The molecule has 0 unspecified atom stereocenters. The Morgan fingerprint density at radius 2 is 1.92 bits per heavy atom. The van der Waals surface area contributed by atoms with Gasteiger partial charge in [-0.1, -0.05) is 23.7 Å². The molecule has 1 aliphatic heterocycles. The monoisotopic (exact) mass is 357 g/mol. The molecule has 0 radical (unpaired) electrons. The number of hydrogen-bond acceptors (Lipinski definition) is 3. The molecule has 1 heterocycles. The van der Waals surface area contributed by atoms with Crippen molar-refractivity contribution >= 4 is 29.2 Å². The van der Waals surface area contributed by atoms with Crippen LogP contribution in [0.1, 0.15) is 23.1 Å². The quantitative estimate of drug-likeness (QED) is 0.610. The summed E-state index contributed by atoms with van der Waals surface area (Å²) in [6.45, 7) is 6.15. The first-order valence-corrected chi connectivity index (χ1v) is 8.59. The van der Waals surface area contributed by atoms with Gasteiger partial charge in [0.15, 0.2) is 0 Å². The number of carbonyl (C=O) groups is 2. The lowest BCUT2D eigenvalue weighted by atomic mass is 10.1. The summed E-state index contributed by atoms with van der Waals surface area (Å²) in [4.78, 5) is 26.5. The van der Waals surface area contributed by atoms with E-state index in [9.17, 15) is 9.59 Å². The van der Waals surface area contributed by atoms with Gasteiger partial charge in [-0.3, -0.25) is 9.59 Å². The zero-order valence-electron chi connectivity index (χ0n) is 14.5. The largest absolute Gasteiger partial charge is 0.426 e. The Balaban J connectivity index is 1.74. The average Bonchev–Trinajstić information content (AvgIpc) is 2.95. The second-order valence-corrected chi connectivity index (χ2v) is 6.86. The van der Waals surface area contributed by atoms with Crippen LogP contribution in [0.2, 0.25) is 5.02 Å². The van der Waals surface area contributed by atoms with Crippen molar-refractivity contribution in [2.24, 2.45) is 5.92 Å². The van der Waals surface area contributed by atoms with E-state index in [1.165, 1.54) is 0 Å².